The minimum absolute atomic E-state index is 0.116. The van der Waals surface area contributed by atoms with Gasteiger partial charge in [0.1, 0.15) is 11.7 Å². The highest BCUT2D eigenvalue weighted by molar-refractivity contribution is 5.86. The quantitative estimate of drug-likeness (QED) is 0.790. The molecule has 0 aliphatic rings. The molecule has 0 unspecified atom stereocenters. The van der Waals surface area contributed by atoms with Crippen LogP contribution in [0, 0.1) is 11.3 Å². The molecule has 1 aromatic carbocycles. The fourth-order valence-corrected chi connectivity index (χ4v) is 1.91. The minimum Gasteiger partial charge on any atom is -0.464 e. The number of esters is 1. The first-order valence-electron chi connectivity index (χ1n) is 6.22. The second-order valence-electron chi connectivity index (χ2n) is 4.38. The molecule has 0 aliphatic carbocycles. The number of nitriles is 1. The van der Waals surface area contributed by atoms with E-state index in [1.165, 1.54) is 5.56 Å². The largest absolute Gasteiger partial charge is 0.464 e. The molecule has 0 saturated carbocycles. The highest BCUT2D eigenvalue weighted by Crippen LogP contribution is 2.23. The van der Waals surface area contributed by atoms with Gasteiger partial charge in [0.05, 0.1) is 12.7 Å². The summed E-state index contributed by atoms with van der Waals surface area (Å²) in [5.74, 6) is -0.420. The molecule has 0 saturated heterocycles. The third-order valence-electron chi connectivity index (χ3n) is 2.95. The molecule has 1 atom stereocenters. The maximum atomic E-state index is 11.6. The minimum atomic E-state index is -0.725. The monoisotopic (exact) mass is 257 g/mol. The number of furan rings is 1. The van der Waals surface area contributed by atoms with Crippen molar-refractivity contribution in [2.24, 2.45) is 0 Å². The van der Waals surface area contributed by atoms with Crippen LogP contribution in [0.4, 0.5) is 0 Å². The molecule has 2 aromatic rings. The third kappa shape index (κ3) is 2.94. The van der Waals surface area contributed by atoms with Crippen molar-refractivity contribution in [1.82, 2.24) is 0 Å². The van der Waals surface area contributed by atoms with Crippen LogP contribution in [0.25, 0.3) is 11.0 Å². The van der Waals surface area contributed by atoms with Gasteiger partial charge in [0.25, 0.3) is 0 Å². The molecule has 4 heteroatoms. The van der Waals surface area contributed by atoms with Gasteiger partial charge in [0.15, 0.2) is 6.10 Å². The molecular weight excluding hydrogens is 242 g/mol. The molecule has 0 fully saturated rings. The van der Waals surface area contributed by atoms with Crippen molar-refractivity contribution in [1.29, 1.82) is 5.26 Å². The van der Waals surface area contributed by atoms with Gasteiger partial charge in [-0.2, -0.15) is 5.26 Å². The Kier molecular flexibility index (Phi) is 3.86. The van der Waals surface area contributed by atoms with Crippen LogP contribution >= 0.6 is 0 Å². The Morgan fingerprint density at radius 2 is 2.32 bits per heavy atom. The van der Waals surface area contributed by atoms with E-state index in [0.29, 0.717) is 0 Å². The molecule has 98 valence electrons. The fourth-order valence-electron chi connectivity index (χ4n) is 1.91. The lowest BCUT2D eigenvalue weighted by Gasteiger charge is -2.04. The lowest BCUT2D eigenvalue weighted by Crippen LogP contribution is -2.14. The number of carbonyl (C=O) groups is 1. The lowest BCUT2D eigenvalue weighted by atomic mass is 10.1. The Morgan fingerprint density at radius 1 is 1.53 bits per heavy atom. The Balaban J connectivity index is 2.18. The second kappa shape index (κ2) is 5.57. The van der Waals surface area contributed by atoms with Crippen molar-refractivity contribution in [2.45, 2.75) is 32.8 Å². The van der Waals surface area contributed by atoms with Gasteiger partial charge >= 0.3 is 5.97 Å². The number of carbonyl (C=O) groups excluding carboxylic acids is 1. The Labute approximate surface area is 111 Å². The maximum absolute atomic E-state index is 11.6. The Bertz CT molecular complexity index is 636. The second-order valence-corrected chi connectivity index (χ2v) is 4.38. The maximum Gasteiger partial charge on any atom is 0.311 e. The van der Waals surface area contributed by atoms with Crippen molar-refractivity contribution in [2.75, 3.05) is 0 Å². The molecule has 0 aliphatic heterocycles. The topological polar surface area (TPSA) is 63.2 Å². The molecule has 1 heterocycles. The average molecular weight is 257 g/mol. The van der Waals surface area contributed by atoms with Crippen molar-refractivity contribution >= 4 is 16.9 Å². The molecule has 0 spiro atoms. The van der Waals surface area contributed by atoms with Gasteiger partial charge in [-0.25, -0.2) is 0 Å². The van der Waals surface area contributed by atoms with Crippen LogP contribution in [-0.4, -0.2) is 12.1 Å². The van der Waals surface area contributed by atoms with Crippen molar-refractivity contribution in [3.05, 3.63) is 35.6 Å². The summed E-state index contributed by atoms with van der Waals surface area (Å²) in [4.78, 5) is 11.6. The van der Waals surface area contributed by atoms with Crippen LogP contribution in [0.2, 0.25) is 0 Å². The molecular formula is C15H15NO3. The van der Waals surface area contributed by atoms with E-state index < -0.39 is 12.1 Å². The summed E-state index contributed by atoms with van der Waals surface area (Å²) in [7, 11) is 0. The predicted octanol–water partition coefficient (Wildman–Crippen LogP) is 2.99. The summed E-state index contributed by atoms with van der Waals surface area (Å²) in [6, 6.07) is 7.81. The van der Waals surface area contributed by atoms with Crippen LogP contribution in [0.3, 0.4) is 0 Å². The molecule has 19 heavy (non-hydrogen) atoms. The van der Waals surface area contributed by atoms with E-state index in [-0.39, 0.29) is 6.42 Å². The van der Waals surface area contributed by atoms with Crippen molar-refractivity contribution < 1.29 is 13.9 Å². The summed E-state index contributed by atoms with van der Waals surface area (Å²) in [5, 5.41) is 9.51. The fraction of sp³-hybridized carbons (Fsp3) is 0.333. The first kappa shape index (κ1) is 13.2. The van der Waals surface area contributed by atoms with Crippen LogP contribution < -0.4 is 0 Å². The summed E-state index contributed by atoms with van der Waals surface area (Å²) < 4.78 is 10.4. The number of nitrogens with zero attached hydrogens (tertiary/aromatic N) is 1. The van der Waals surface area contributed by atoms with E-state index in [1.54, 1.807) is 13.2 Å². The zero-order valence-corrected chi connectivity index (χ0v) is 11.0. The summed E-state index contributed by atoms with van der Waals surface area (Å²) in [6.07, 6.45) is 1.90. The van der Waals surface area contributed by atoms with Gasteiger partial charge in [-0.05, 0) is 25.0 Å². The lowest BCUT2D eigenvalue weighted by molar-refractivity contribution is -0.145. The molecule has 0 amide bonds. The smallest absolute Gasteiger partial charge is 0.311 e. The average Bonchev–Trinajstić information content (AvgIpc) is 2.80. The first-order valence-corrected chi connectivity index (χ1v) is 6.22. The van der Waals surface area contributed by atoms with Crippen molar-refractivity contribution in [3.8, 4) is 6.07 Å². The Morgan fingerprint density at radius 3 is 3.00 bits per heavy atom. The number of hydrogen-bond donors (Lipinski definition) is 0. The molecule has 2 rings (SSSR count). The van der Waals surface area contributed by atoms with Crippen LogP contribution in [0.1, 0.15) is 25.0 Å². The van der Waals surface area contributed by atoms with E-state index >= 15 is 0 Å². The van der Waals surface area contributed by atoms with Crippen LogP contribution in [0.5, 0.6) is 0 Å². The zero-order chi connectivity index (χ0) is 13.8. The highest BCUT2D eigenvalue weighted by atomic mass is 16.5. The number of rotatable bonds is 4. The van der Waals surface area contributed by atoms with Gasteiger partial charge in [-0.1, -0.05) is 19.1 Å². The van der Waals surface area contributed by atoms with E-state index in [4.69, 9.17) is 14.4 Å². The zero-order valence-electron chi connectivity index (χ0n) is 11.0. The first-order chi connectivity index (χ1) is 9.13. The summed E-state index contributed by atoms with van der Waals surface area (Å²) >= 11 is 0. The SMILES string of the molecule is CCc1ccc2c(CC(=O)O[C@@H](C)C#N)coc2c1. The van der Waals surface area contributed by atoms with Gasteiger partial charge in [-0.3, -0.25) is 4.79 Å². The van der Waals surface area contributed by atoms with E-state index in [0.717, 1.165) is 23.0 Å². The highest BCUT2D eigenvalue weighted by Gasteiger charge is 2.13. The predicted molar refractivity (Wildman–Crippen MR) is 70.5 cm³/mol. The third-order valence-corrected chi connectivity index (χ3v) is 2.95. The van der Waals surface area contributed by atoms with E-state index in [2.05, 4.69) is 6.92 Å². The van der Waals surface area contributed by atoms with E-state index in [9.17, 15) is 4.79 Å². The van der Waals surface area contributed by atoms with Crippen molar-refractivity contribution in [3.63, 3.8) is 0 Å². The molecule has 0 N–H and O–H groups in total. The number of hydrogen-bond acceptors (Lipinski definition) is 4. The number of aryl methyl sites for hydroxylation is 1. The molecule has 0 bridgehead atoms. The van der Waals surface area contributed by atoms with Crippen LogP contribution in [0.15, 0.2) is 28.9 Å². The van der Waals surface area contributed by atoms with Crippen LogP contribution in [-0.2, 0) is 22.4 Å². The number of benzene rings is 1. The van der Waals surface area contributed by atoms with Gasteiger partial charge < -0.3 is 9.15 Å². The molecule has 0 radical (unpaired) electrons. The normalized spacial score (nSPS) is 12.1. The van der Waals surface area contributed by atoms with Gasteiger partial charge in [-0.15, -0.1) is 0 Å². The Hall–Kier alpha value is -2.28. The number of fused-ring (bicyclic) bond motifs is 1. The van der Waals surface area contributed by atoms with Gasteiger partial charge in [0.2, 0.25) is 0 Å². The van der Waals surface area contributed by atoms with Gasteiger partial charge in [0, 0.05) is 10.9 Å². The number of ether oxygens (including phenoxy) is 1. The standard InChI is InChI=1S/C15H15NO3/c1-3-11-4-5-13-12(9-18-14(13)6-11)7-15(17)19-10(2)8-16/h4-6,9-10H,3,7H2,1-2H3/t10-/m0/s1. The summed E-state index contributed by atoms with van der Waals surface area (Å²) in [6.45, 7) is 3.62. The summed E-state index contributed by atoms with van der Waals surface area (Å²) in [5.41, 5.74) is 2.75. The molecule has 1 aromatic heterocycles. The molecule has 4 nitrogen and oxygen atoms in total. The van der Waals surface area contributed by atoms with E-state index in [1.807, 2.05) is 24.3 Å².